The first-order valence-electron chi connectivity index (χ1n) is 7.70. The Balaban J connectivity index is 1.89. The van der Waals surface area contributed by atoms with Gasteiger partial charge in [0.25, 0.3) is 0 Å². The molecule has 112 valence electrons. The molecule has 0 spiro atoms. The molecule has 0 saturated carbocycles. The van der Waals surface area contributed by atoms with E-state index in [1.54, 1.807) is 6.33 Å². The number of hydrogen-bond donors (Lipinski definition) is 1. The van der Waals surface area contributed by atoms with Crippen LogP contribution in [-0.2, 0) is 6.42 Å². The normalized spacial score (nSPS) is 17.4. The van der Waals surface area contributed by atoms with E-state index in [0.29, 0.717) is 5.15 Å². The summed E-state index contributed by atoms with van der Waals surface area (Å²) in [7, 11) is 0. The number of piperidine rings is 1. The van der Waals surface area contributed by atoms with Crippen molar-refractivity contribution in [2.45, 2.75) is 39.5 Å². The van der Waals surface area contributed by atoms with Gasteiger partial charge in [0.15, 0.2) is 0 Å². The van der Waals surface area contributed by atoms with Crippen LogP contribution >= 0.6 is 11.6 Å². The number of nitrogens with one attached hydrogen (secondary N) is 1. The van der Waals surface area contributed by atoms with Gasteiger partial charge in [-0.05, 0) is 44.8 Å². The molecular formula is C15H25ClN4. The van der Waals surface area contributed by atoms with E-state index in [-0.39, 0.29) is 0 Å². The first-order valence-corrected chi connectivity index (χ1v) is 8.08. The molecule has 0 radical (unpaired) electrons. The third kappa shape index (κ3) is 4.06. The van der Waals surface area contributed by atoms with Gasteiger partial charge in [-0.1, -0.05) is 31.9 Å². The smallest absolute Gasteiger partial charge is 0.137 e. The molecule has 2 rings (SSSR count). The topological polar surface area (TPSA) is 41.1 Å². The lowest BCUT2D eigenvalue weighted by molar-refractivity contribution is 0.198. The van der Waals surface area contributed by atoms with Gasteiger partial charge < -0.3 is 10.2 Å². The van der Waals surface area contributed by atoms with Crippen molar-refractivity contribution in [3.8, 4) is 0 Å². The molecule has 1 aliphatic heterocycles. The molecule has 1 saturated heterocycles. The number of halogens is 1. The third-order valence-electron chi connectivity index (χ3n) is 4.11. The second-order valence-corrected chi connectivity index (χ2v) is 5.86. The molecule has 1 aliphatic rings. The summed E-state index contributed by atoms with van der Waals surface area (Å²) in [5, 5.41) is 4.08. The molecule has 5 heteroatoms. The van der Waals surface area contributed by atoms with E-state index in [1.807, 2.05) is 0 Å². The summed E-state index contributed by atoms with van der Waals surface area (Å²) < 4.78 is 0. The van der Waals surface area contributed by atoms with Crippen molar-refractivity contribution in [2.75, 3.05) is 31.5 Å². The zero-order chi connectivity index (χ0) is 14.4. The van der Waals surface area contributed by atoms with Gasteiger partial charge in [-0.3, -0.25) is 0 Å². The highest BCUT2D eigenvalue weighted by molar-refractivity contribution is 6.30. The van der Waals surface area contributed by atoms with Gasteiger partial charge in [0.2, 0.25) is 0 Å². The zero-order valence-corrected chi connectivity index (χ0v) is 13.3. The van der Waals surface area contributed by atoms with Crippen molar-refractivity contribution < 1.29 is 0 Å². The Hall–Kier alpha value is -0.870. The number of aromatic nitrogens is 2. The first kappa shape index (κ1) is 15.5. The van der Waals surface area contributed by atoms with Gasteiger partial charge in [0.1, 0.15) is 17.3 Å². The maximum absolute atomic E-state index is 6.17. The molecule has 0 atom stereocenters. The average Bonchev–Trinajstić information content (AvgIpc) is 2.48. The van der Waals surface area contributed by atoms with Gasteiger partial charge in [0.05, 0.1) is 0 Å². The van der Waals surface area contributed by atoms with Crippen molar-refractivity contribution in [1.82, 2.24) is 14.9 Å². The molecule has 0 aromatic carbocycles. The fourth-order valence-corrected chi connectivity index (χ4v) is 2.99. The van der Waals surface area contributed by atoms with E-state index in [4.69, 9.17) is 11.6 Å². The highest BCUT2D eigenvalue weighted by Gasteiger charge is 2.18. The highest BCUT2D eigenvalue weighted by atomic mass is 35.5. The van der Waals surface area contributed by atoms with Crippen LogP contribution in [0.4, 0.5) is 5.82 Å². The largest absolute Gasteiger partial charge is 0.369 e. The summed E-state index contributed by atoms with van der Waals surface area (Å²) in [6.45, 7) is 8.97. The lowest BCUT2D eigenvalue weighted by atomic mass is 9.97. The summed E-state index contributed by atoms with van der Waals surface area (Å²) in [5.41, 5.74) is 1.06. The minimum atomic E-state index is 0.588. The van der Waals surface area contributed by atoms with Gasteiger partial charge in [-0.15, -0.1) is 0 Å². The van der Waals surface area contributed by atoms with E-state index >= 15 is 0 Å². The predicted molar refractivity (Wildman–Crippen MR) is 84.4 cm³/mol. The highest BCUT2D eigenvalue weighted by Crippen LogP contribution is 2.23. The number of nitrogens with zero attached hydrogens (tertiary/aromatic N) is 3. The minimum Gasteiger partial charge on any atom is -0.369 e. The van der Waals surface area contributed by atoms with Crippen LogP contribution in [0, 0.1) is 5.92 Å². The molecule has 1 aromatic rings. The van der Waals surface area contributed by atoms with Crippen molar-refractivity contribution >= 4 is 17.4 Å². The fourth-order valence-electron chi connectivity index (χ4n) is 2.76. The molecule has 0 unspecified atom stereocenters. The summed E-state index contributed by atoms with van der Waals surface area (Å²) >= 11 is 6.17. The molecule has 1 fully saturated rings. The fraction of sp³-hybridized carbons (Fsp3) is 0.733. The monoisotopic (exact) mass is 296 g/mol. The molecule has 20 heavy (non-hydrogen) atoms. The average molecular weight is 297 g/mol. The van der Waals surface area contributed by atoms with Crippen LogP contribution in [0.25, 0.3) is 0 Å². The van der Waals surface area contributed by atoms with Gasteiger partial charge in [-0.25, -0.2) is 9.97 Å². The summed E-state index contributed by atoms with van der Waals surface area (Å²) in [6, 6.07) is 0. The predicted octanol–water partition coefficient (Wildman–Crippen LogP) is 3.23. The number of anilines is 1. The van der Waals surface area contributed by atoms with E-state index in [9.17, 15) is 0 Å². The molecular weight excluding hydrogens is 272 g/mol. The van der Waals surface area contributed by atoms with E-state index in [0.717, 1.165) is 36.7 Å². The van der Waals surface area contributed by atoms with Crippen LogP contribution < -0.4 is 5.32 Å². The van der Waals surface area contributed by atoms with Crippen LogP contribution in [0.2, 0.25) is 5.15 Å². The lowest BCUT2D eigenvalue weighted by Gasteiger charge is -2.31. The molecule has 2 heterocycles. The Labute approximate surface area is 126 Å². The zero-order valence-electron chi connectivity index (χ0n) is 12.5. The lowest BCUT2D eigenvalue weighted by Crippen LogP contribution is -2.35. The second-order valence-electron chi connectivity index (χ2n) is 5.50. The molecule has 0 aliphatic carbocycles. The standard InChI is InChI=1S/C15H25ClN4/c1-3-5-13-14(16)18-11-19-15(13)17-10-12-6-8-20(4-2)9-7-12/h11-12H,3-10H2,1-2H3,(H,17,18,19). The maximum atomic E-state index is 6.17. The Morgan fingerprint density at radius 2 is 2.05 bits per heavy atom. The van der Waals surface area contributed by atoms with Crippen molar-refractivity contribution in [3.63, 3.8) is 0 Å². The summed E-state index contributed by atoms with van der Waals surface area (Å²) in [6.07, 6.45) is 6.06. The quantitative estimate of drug-likeness (QED) is 0.818. The van der Waals surface area contributed by atoms with Crippen molar-refractivity contribution in [3.05, 3.63) is 17.0 Å². The Bertz CT molecular complexity index is 416. The maximum Gasteiger partial charge on any atom is 0.137 e. The molecule has 1 aromatic heterocycles. The Morgan fingerprint density at radius 1 is 1.30 bits per heavy atom. The summed E-state index contributed by atoms with van der Waals surface area (Å²) in [4.78, 5) is 11.0. The molecule has 1 N–H and O–H groups in total. The van der Waals surface area contributed by atoms with E-state index < -0.39 is 0 Å². The first-order chi connectivity index (χ1) is 9.74. The Morgan fingerprint density at radius 3 is 2.70 bits per heavy atom. The van der Waals surface area contributed by atoms with Crippen LogP contribution in [0.3, 0.4) is 0 Å². The van der Waals surface area contributed by atoms with Crippen LogP contribution in [-0.4, -0.2) is 41.0 Å². The van der Waals surface area contributed by atoms with Gasteiger partial charge in [-0.2, -0.15) is 0 Å². The number of likely N-dealkylation sites (tertiary alicyclic amines) is 1. The van der Waals surface area contributed by atoms with Gasteiger partial charge >= 0.3 is 0 Å². The van der Waals surface area contributed by atoms with Crippen LogP contribution in [0.1, 0.15) is 38.7 Å². The van der Waals surface area contributed by atoms with Gasteiger partial charge in [0, 0.05) is 12.1 Å². The van der Waals surface area contributed by atoms with E-state index in [1.165, 1.54) is 32.5 Å². The minimum absolute atomic E-state index is 0.588. The van der Waals surface area contributed by atoms with E-state index in [2.05, 4.69) is 34.0 Å². The number of hydrogen-bond acceptors (Lipinski definition) is 4. The third-order valence-corrected chi connectivity index (χ3v) is 4.43. The Kier molecular flexibility index (Phi) is 6.05. The van der Waals surface area contributed by atoms with Crippen molar-refractivity contribution in [1.29, 1.82) is 0 Å². The SMILES string of the molecule is CCCc1c(Cl)ncnc1NCC1CCN(CC)CC1. The molecule has 0 amide bonds. The molecule has 0 bridgehead atoms. The second kappa shape index (κ2) is 7.79. The van der Waals surface area contributed by atoms with Crippen molar-refractivity contribution in [2.24, 2.45) is 5.92 Å². The molecule has 4 nitrogen and oxygen atoms in total. The number of rotatable bonds is 6. The van der Waals surface area contributed by atoms with Crippen LogP contribution in [0.15, 0.2) is 6.33 Å². The summed E-state index contributed by atoms with van der Waals surface area (Å²) in [5.74, 6) is 1.66. The van der Waals surface area contributed by atoms with Crippen LogP contribution in [0.5, 0.6) is 0 Å².